The lowest BCUT2D eigenvalue weighted by Crippen LogP contribution is -2.17. The highest BCUT2D eigenvalue weighted by Gasteiger charge is 2.25. The molecule has 0 aromatic heterocycles. The predicted octanol–water partition coefficient (Wildman–Crippen LogP) is 0.146. The summed E-state index contributed by atoms with van der Waals surface area (Å²) in [6, 6.07) is 4.29. The number of ether oxygens (including phenoxy) is 2. The van der Waals surface area contributed by atoms with Crippen molar-refractivity contribution in [2.75, 3.05) is 6.79 Å². The third kappa shape index (κ3) is 1.93. The van der Waals surface area contributed by atoms with Crippen LogP contribution in [0.3, 0.4) is 0 Å². The Hall–Kier alpha value is -2.10. The zero-order chi connectivity index (χ0) is 12.4. The Morgan fingerprint density at radius 2 is 2.00 bits per heavy atom. The molecular weight excluding hydrogens is 226 g/mol. The van der Waals surface area contributed by atoms with Gasteiger partial charge < -0.3 is 19.7 Å². The van der Waals surface area contributed by atoms with Crippen LogP contribution in [0, 0.1) is 11.3 Å². The number of fused-ring (bicyclic) bond motifs is 1. The highest BCUT2D eigenvalue weighted by molar-refractivity contribution is 5.79. The molecule has 2 atom stereocenters. The van der Waals surface area contributed by atoms with Gasteiger partial charge in [-0.1, -0.05) is 0 Å². The van der Waals surface area contributed by atoms with Crippen LogP contribution < -0.4 is 9.47 Å². The van der Waals surface area contributed by atoms with Crippen molar-refractivity contribution in [1.29, 1.82) is 5.26 Å². The van der Waals surface area contributed by atoms with Gasteiger partial charge in [0.2, 0.25) is 6.79 Å². The molecule has 0 saturated heterocycles. The molecule has 1 aromatic carbocycles. The summed E-state index contributed by atoms with van der Waals surface area (Å²) in [5.74, 6) is 0.768. The summed E-state index contributed by atoms with van der Waals surface area (Å²) in [7, 11) is 0. The summed E-state index contributed by atoms with van der Waals surface area (Å²) in [4.78, 5) is 10.9. The van der Waals surface area contributed by atoms with E-state index in [0.717, 1.165) is 0 Å². The topological polar surface area (TPSA) is 99.8 Å². The number of hydrogen-bond donors (Lipinski definition) is 2. The van der Waals surface area contributed by atoms with Crippen molar-refractivity contribution in [2.24, 2.45) is 0 Å². The number of rotatable bonds is 3. The van der Waals surface area contributed by atoms with Crippen molar-refractivity contribution in [2.45, 2.75) is 12.2 Å². The minimum atomic E-state index is -1.60. The Morgan fingerprint density at radius 3 is 2.59 bits per heavy atom. The monoisotopic (exact) mass is 235 g/mol. The first-order valence-corrected chi connectivity index (χ1v) is 4.82. The molecule has 1 aliphatic rings. The Labute approximate surface area is 96.6 Å². The molecule has 0 spiro atoms. The average Bonchev–Trinajstić information content (AvgIpc) is 2.82. The third-order valence-corrected chi connectivity index (χ3v) is 2.46. The summed E-state index contributed by atoms with van der Waals surface area (Å²) in [6.45, 7) is 0.0357. The predicted molar refractivity (Wildman–Crippen MR) is 54.5 cm³/mol. The molecule has 0 radical (unpaired) electrons. The molecule has 17 heavy (non-hydrogen) atoms. The van der Waals surface area contributed by atoms with E-state index < -0.39 is 12.2 Å². The number of carbonyl (C=O) groups is 1. The molecule has 88 valence electrons. The van der Waals surface area contributed by atoms with Crippen LogP contribution in [0.1, 0.15) is 22.0 Å². The van der Waals surface area contributed by atoms with Crippen molar-refractivity contribution < 1.29 is 24.5 Å². The van der Waals surface area contributed by atoms with Crippen molar-refractivity contribution in [3.63, 3.8) is 0 Å². The van der Waals surface area contributed by atoms with Crippen molar-refractivity contribution in [3.05, 3.63) is 23.3 Å². The van der Waals surface area contributed by atoms with E-state index in [1.165, 1.54) is 18.2 Å². The Balaban J connectivity index is 2.46. The molecule has 2 unspecified atom stereocenters. The second kappa shape index (κ2) is 4.41. The molecular formula is C11H9NO5. The molecule has 0 bridgehead atoms. The first kappa shape index (κ1) is 11.4. The minimum absolute atomic E-state index is 0.0357. The fraction of sp³-hybridized carbons (Fsp3) is 0.273. The van der Waals surface area contributed by atoms with Crippen LogP contribution in [0.4, 0.5) is 0 Å². The van der Waals surface area contributed by atoms with Crippen LogP contribution in [0.5, 0.6) is 11.5 Å². The molecule has 0 aliphatic carbocycles. The van der Waals surface area contributed by atoms with Crippen LogP contribution in [0.15, 0.2) is 12.1 Å². The Morgan fingerprint density at radius 1 is 1.35 bits per heavy atom. The van der Waals surface area contributed by atoms with Gasteiger partial charge >= 0.3 is 0 Å². The quantitative estimate of drug-likeness (QED) is 0.571. The second-order valence-corrected chi connectivity index (χ2v) is 3.47. The highest BCUT2D eigenvalue weighted by Crippen LogP contribution is 2.36. The lowest BCUT2D eigenvalue weighted by molar-refractivity contribution is 0.0521. The van der Waals surface area contributed by atoms with Gasteiger partial charge in [0.1, 0.15) is 6.10 Å². The van der Waals surface area contributed by atoms with E-state index in [-0.39, 0.29) is 17.9 Å². The molecule has 6 nitrogen and oxygen atoms in total. The zero-order valence-electron chi connectivity index (χ0n) is 8.66. The maximum Gasteiger partial charge on any atom is 0.231 e. The summed E-state index contributed by atoms with van der Waals surface area (Å²) >= 11 is 0. The first-order valence-electron chi connectivity index (χ1n) is 4.82. The summed E-state index contributed by atoms with van der Waals surface area (Å²) in [5.41, 5.74) is 0.286. The molecule has 1 aromatic rings. The van der Waals surface area contributed by atoms with E-state index >= 15 is 0 Å². The van der Waals surface area contributed by atoms with E-state index in [9.17, 15) is 15.0 Å². The third-order valence-electron chi connectivity index (χ3n) is 2.46. The summed E-state index contributed by atoms with van der Waals surface area (Å²) in [6.07, 6.45) is -2.55. The van der Waals surface area contributed by atoms with Crippen LogP contribution in [-0.4, -0.2) is 29.4 Å². The van der Waals surface area contributed by atoms with Gasteiger partial charge in [-0.2, -0.15) is 5.26 Å². The molecule has 0 fully saturated rings. The minimum Gasteiger partial charge on any atom is -0.454 e. The zero-order valence-corrected chi connectivity index (χ0v) is 8.66. The standard InChI is InChI=1S/C11H9NO5/c12-3-8(14)11(15)7-2-10-9(16-5-17-10)1-6(7)4-13/h1-2,4,8,11,14-15H,5H2. The Bertz CT molecular complexity index is 493. The average molecular weight is 235 g/mol. The smallest absolute Gasteiger partial charge is 0.231 e. The number of benzene rings is 1. The lowest BCUT2D eigenvalue weighted by atomic mass is 9.99. The number of aldehydes is 1. The molecule has 2 N–H and O–H groups in total. The van der Waals surface area contributed by atoms with Gasteiger partial charge in [-0.15, -0.1) is 0 Å². The van der Waals surface area contributed by atoms with E-state index in [1.807, 2.05) is 0 Å². The van der Waals surface area contributed by atoms with Crippen molar-refractivity contribution >= 4 is 6.29 Å². The van der Waals surface area contributed by atoms with Crippen molar-refractivity contribution in [3.8, 4) is 17.6 Å². The summed E-state index contributed by atoms with van der Waals surface area (Å²) in [5, 5.41) is 27.5. The fourth-order valence-electron chi connectivity index (χ4n) is 1.57. The molecule has 1 heterocycles. The van der Waals surface area contributed by atoms with Gasteiger partial charge in [-0.05, 0) is 17.7 Å². The van der Waals surface area contributed by atoms with Crippen LogP contribution in [-0.2, 0) is 0 Å². The number of carbonyl (C=O) groups excluding carboxylic acids is 1. The number of aliphatic hydroxyl groups is 2. The molecule has 2 rings (SSSR count). The van der Waals surface area contributed by atoms with E-state index in [2.05, 4.69) is 0 Å². The van der Waals surface area contributed by atoms with Gasteiger partial charge in [0.05, 0.1) is 6.07 Å². The van der Waals surface area contributed by atoms with Crippen LogP contribution >= 0.6 is 0 Å². The SMILES string of the molecule is N#CC(O)C(O)c1cc2c(cc1C=O)OCO2. The molecule has 1 aliphatic heterocycles. The highest BCUT2D eigenvalue weighted by atomic mass is 16.7. The van der Waals surface area contributed by atoms with Crippen LogP contribution in [0.2, 0.25) is 0 Å². The number of nitrogens with zero attached hydrogens (tertiary/aromatic N) is 1. The van der Waals surface area contributed by atoms with E-state index in [0.29, 0.717) is 17.8 Å². The maximum absolute atomic E-state index is 10.9. The van der Waals surface area contributed by atoms with Gasteiger partial charge in [0.15, 0.2) is 23.9 Å². The number of aliphatic hydroxyl groups excluding tert-OH is 2. The van der Waals surface area contributed by atoms with E-state index in [1.54, 1.807) is 0 Å². The molecule has 0 saturated carbocycles. The fourth-order valence-corrected chi connectivity index (χ4v) is 1.57. The van der Waals surface area contributed by atoms with E-state index in [4.69, 9.17) is 14.7 Å². The largest absolute Gasteiger partial charge is 0.454 e. The van der Waals surface area contributed by atoms with Gasteiger partial charge in [0.25, 0.3) is 0 Å². The lowest BCUT2D eigenvalue weighted by Gasteiger charge is -2.14. The van der Waals surface area contributed by atoms with Crippen LogP contribution in [0.25, 0.3) is 0 Å². The Kier molecular flexibility index (Phi) is 2.95. The van der Waals surface area contributed by atoms with Gasteiger partial charge in [0, 0.05) is 5.56 Å². The number of hydrogen-bond acceptors (Lipinski definition) is 6. The van der Waals surface area contributed by atoms with Gasteiger partial charge in [-0.3, -0.25) is 4.79 Å². The number of nitriles is 1. The van der Waals surface area contributed by atoms with Gasteiger partial charge in [-0.25, -0.2) is 0 Å². The molecule has 6 heteroatoms. The summed E-state index contributed by atoms with van der Waals surface area (Å²) < 4.78 is 10.2. The first-order chi connectivity index (χ1) is 8.17. The normalized spacial score (nSPS) is 16.1. The maximum atomic E-state index is 10.9. The molecule has 0 amide bonds. The second-order valence-electron chi connectivity index (χ2n) is 3.47. The van der Waals surface area contributed by atoms with Crippen molar-refractivity contribution in [1.82, 2.24) is 0 Å².